The van der Waals surface area contributed by atoms with Crippen LogP contribution in [0.3, 0.4) is 0 Å². The summed E-state index contributed by atoms with van der Waals surface area (Å²) in [6, 6.07) is -1.94. The van der Waals surface area contributed by atoms with Gasteiger partial charge in [0.15, 0.2) is 0 Å². The molecular formula is C17H26F3N3O4. The second-order valence-electron chi connectivity index (χ2n) is 8.27. The van der Waals surface area contributed by atoms with E-state index in [0.29, 0.717) is 25.8 Å². The number of hydrogen-bond donors (Lipinski definition) is 2. The zero-order chi connectivity index (χ0) is 20.6. The zero-order valence-electron chi connectivity index (χ0n) is 15.7. The minimum atomic E-state index is -4.67. The summed E-state index contributed by atoms with van der Waals surface area (Å²) in [7, 11) is 0. The molecule has 154 valence electrons. The van der Waals surface area contributed by atoms with Gasteiger partial charge in [-0.3, -0.25) is 9.59 Å². The molecule has 1 aliphatic carbocycles. The Hall–Kier alpha value is -2.00. The van der Waals surface area contributed by atoms with Crippen LogP contribution in [0.2, 0.25) is 0 Å². The van der Waals surface area contributed by atoms with Crippen LogP contribution in [-0.4, -0.2) is 53.2 Å². The van der Waals surface area contributed by atoms with Crippen molar-refractivity contribution < 1.29 is 32.3 Å². The molecule has 0 unspecified atom stereocenters. The number of rotatable bonds is 4. The van der Waals surface area contributed by atoms with E-state index < -0.39 is 47.2 Å². The fraction of sp³-hybridized carbons (Fsp3) is 0.824. The predicted molar refractivity (Wildman–Crippen MR) is 89.4 cm³/mol. The maximum absolute atomic E-state index is 13.2. The largest absolute Gasteiger partial charge is 0.433 e. The van der Waals surface area contributed by atoms with Gasteiger partial charge < -0.3 is 20.7 Å². The van der Waals surface area contributed by atoms with E-state index in [4.69, 9.17) is 10.5 Å². The highest BCUT2D eigenvalue weighted by Crippen LogP contribution is 2.48. The van der Waals surface area contributed by atoms with Crippen molar-refractivity contribution in [2.24, 2.45) is 11.1 Å². The maximum Gasteiger partial charge on any atom is 0.428 e. The van der Waals surface area contributed by atoms with E-state index in [9.17, 15) is 27.6 Å². The number of nitrogens with zero attached hydrogens (tertiary/aromatic N) is 1. The van der Waals surface area contributed by atoms with E-state index >= 15 is 0 Å². The van der Waals surface area contributed by atoms with E-state index in [1.54, 1.807) is 20.8 Å². The highest BCUT2D eigenvalue weighted by Gasteiger charge is 2.62. The molecular weight excluding hydrogens is 367 g/mol. The van der Waals surface area contributed by atoms with E-state index in [1.165, 1.54) is 4.90 Å². The number of nitrogens with one attached hydrogen (secondary N) is 1. The summed E-state index contributed by atoms with van der Waals surface area (Å²) in [6.45, 7) is 5.28. The summed E-state index contributed by atoms with van der Waals surface area (Å²) in [5, 5.41) is 2.28. The molecule has 3 N–H and O–H groups in total. The second-order valence-corrected chi connectivity index (χ2v) is 8.27. The number of nitrogens with two attached hydrogens (primary N) is 1. The smallest absolute Gasteiger partial charge is 0.428 e. The number of alkyl carbamates (subject to hydrolysis) is 1. The number of primary amides is 1. The maximum atomic E-state index is 13.2. The van der Waals surface area contributed by atoms with Crippen LogP contribution in [0.1, 0.15) is 52.9 Å². The summed E-state index contributed by atoms with van der Waals surface area (Å²) >= 11 is 0. The molecule has 1 aliphatic heterocycles. The van der Waals surface area contributed by atoms with Gasteiger partial charge in [-0.1, -0.05) is 20.8 Å². The molecule has 27 heavy (non-hydrogen) atoms. The van der Waals surface area contributed by atoms with Crippen LogP contribution in [-0.2, 0) is 14.3 Å². The molecule has 0 spiro atoms. The first kappa shape index (κ1) is 21.3. The molecule has 1 saturated heterocycles. The first-order chi connectivity index (χ1) is 12.3. The van der Waals surface area contributed by atoms with Crippen LogP contribution in [0.15, 0.2) is 0 Å². The number of hydrogen-bond acceptors (Lipinski definition) is 4. The van der Waals surface area contributed by atoms with E-state index in [-0.39, 0.29) is 12.8 Å². The number of ether oxygens (including phenoxy) is 1. The normalized spacial score (nSPS) is 23.3. The Kier molecular flexibility index (Phi) is 5.68. The fourth-order valence-electron chi connectivity index (χ4n) is 3.41. The van der Waals surface area contributed by atoms with Gasteiger partial charge in [0.25, 0.3) is 0 Å². The Labute approximate surface area is 155 Å². The summed E-state index contributed by atoms with van der Waals surface area (Å²) in [4.78, 5) is 37.9. The lowest BCUT2D eigenvalue weighted by molar-refractivity contribution is -0.284. The summed E-state index contributed by atoms with van der Waals surface area (Å²) in [5.74, 6) is -1.21. The Morgan fingerprint density at radius 1 is 1.19 bits per heavy atom. The average molecular weight is 393 g/mol. The molecule has 1 heterocycles. The van der Waals surface area contributed by atoms with Gasteiger partial charge in [-0.2, -0.15) is 13.2 Å². The molecule has 0 radical (unpaired) electrons. The monoisotopic (exact) mass is 393 g/mol. The number of alkyl halides is 3. The van der Waals surface area contributed by atoms with Gasteiger partial charge in [0, 0.05) is 6.54 Å². The highest BCUT2D eigenvalue weighted by atomic mass is 19.4. The van der Waals surface area contributed by atoms with Gasteiger partial charge in [-0.15, -0.1) is 0 Å². The lowest BCUT2D eigenvalue weighted by Crippen LogP contribution is -2.60. The van der Waals surface area contributed by atoms with Gasteiger partial charge in [0.2, 0.25) is 17.4 Å². The topological polar surface area (TPSA) is 102 Å². The molecule has 2 rings (SSSR count). The quantitative estimate of drug-likeness (QED) is 0.764. The summed E-state index contributed by atoms with van der Waals surface area (Å²) < 4.78 is 44.3. The van der Waals surface area contributed by atoms with Crippen molar-refractivity contribution in [3.63, 3.8) is 0 Å². The van der Waals surface area contributed by atoms with Gasteiger partial charge in [-0.25, -0.2) is 4.79 Å². The fourth-order valence-corrected chi connectivity index (χ4v) is 3.41. The molecule has 7 nitrogen and oxygen atoms in total. The molecule has 0 bridgehead atoms. The third kappa shape index (κ3) is 4.30. The highest BCUT2D eigenvalue weighted by molar-refractivity contribution is 5.91. The molecule has 0 aromatic carbocycles. The number of likely N-dealkylation sites (tertiary alicyclic amines) is 1. The van der Waals surface area contributed by atoms with Crippen molar-refractivity contribution in [1.29, 1.82) is 0 Å². The molecule has 2 atom stereocenters. The van der Waals surface area contributed by atoms with Crippen LogP contribution in [0, 0.1) is 5.41 Å². The van der Waals surface area contributed by atoms with Crippen molar-refractivity contribution >= 4 is 17.9 Å². The Balaban J connectivity index is 2.14. The molecule has 10 heteroatoms. The minimum absolute atomic E-state index is 0.294. The Bertz CT molecular complexity index is 612. The van der Waals surface area contributed by atoms with E-state index in [2.05, 4.69) is 5.32 Å². The van der Waals surface area contributed by atoms with Gasteiger partial charge in [0.1, 0.15) is 12.1 Å². The number of carbonyl (C=O) groups excluding carboxylic acids is 3. The van der Waals surface area contributed by atoms with Crippen molar-refractivity contribution in [2.75, 3.05) is 6.54 Å². The van der Waals surface area contributed by atoms with Crippen LogP contribution >= 0.6 is 0 Å². The molecule has 2 aliphatic rings. The van der Waals surface area contributed by atoms with Crippen molar-refractivity contribution in [3.05, 3.63) is 0 Å². The van der Waals surface area contributed by atoms with Crippen LogP contribution < -0.4 is 11.1 Å². The van der Waals surface area contributed by atoms with Crippen molar-refractivity contribution in [1.82, 2.24) is 10.2 Å². The molecule has 1 saturated carbocycles. The van der Waals surface area contributed by atoms with E-state index in [1.807, 2.05) is 0 Å². The number of amides is 3. The van der Waals surface area contributed by atoms with Gasteiger partial charge in [0.05, 0.1) is 0 Å². The van der Waals surface area contributed by atoms with Crippen molar-refractivity contribution in [2.45, 2.75) is 76.7 Å². The zero-order valence-corrected chi connectivity index (χ0v) is 15.7. The first-order valence-electron chi connectivity index (χ1n) is 8.94. The lowest BCUT2D eigenvalue weighted by atomic mass is 9.79. The molecule has 2 fully saturated rings. The minimum Gasteiger partial charge on any atom is -0.433 e. The van der Waals surface area contributed by atoms with Crippen molar-refractivity contribution in [3.8, 4) is 0 Å². The first-order valence-corrected chi connectivity index (χ1v) is 8.94. The Morgan fingerprint density at radius 2 is 1.78 bits per heavy atom. The van der Waals surface area contributed by atoms with Gasteiger partial charge >= 0.3 is 12.3 Å². The second kappa shape index (κ2) is 7.20. The number of halogens is 3. The van der Waals surface area contributed by atoms with Crippen LogP contribution in [0.5, 0.6) is 0 Å². The predicted octanol–water partition coefficient (Wildman–Crippen LogP) is 2.09. The third-order valence-electron chi connectivity index (χ3n) is 5.21. The number of carbonyl (C=O) groups is 3. The molecule has 0 aromatic rings. The lowest BCUT2D eigenvalue weighted by Gasteiger charge is -2.42. The third-order valence-corrected chi connectivity index (χ3v) is 5.21. The summed E-state index contributed by atoms with van der Waals surface area (Å²) in [5.41, 5.74) is 2.02. The average Bonchev–Trinajstić information content (AvgIpc) is 2.95. The van der Waals surface area contributed by atoms with E-state index in [0.717, 1.165) is 0 Å². The SMILES string of the molecule is CC(C)(C)[C@H](NC(=O)OC1(C(F)(F)F)CCC1)C(=O)N1CCC[C@H]1C(N)=O. The molecule has 3 amide bonds. The standard InChI is InChI=1S/C17H26F3N3O4/c1-15(2,3)11(13(25)23-9-4-6-10(23)12(21)24)22-14(26)27-16(7-5-8-16)17(18,19)20/h10-11H,4-9H2,1-3H3,(H2,21,24)(H,22,26)/t10-,11+/m0/s1. The van der Waals surface area contributed by atoms with Crippen LogP contribution in [0.4, 0.5) is 18.0 Å². The van der Waals surface area contributed by atoms with Crippen LogP contribution in [0.25, 0.3) is 0 Å². The molecule has 0 aromatic heterocycles. The summed E-state index contributed by atoms with van der Waals surface area (Å²) in [6.07, 6.45) is -5.26. The Morgan fingerprint density at radius 3 is 2.19 bits per heavy atom. The van der Waals surface area contributed by atoms with Gasteiger partial charge in [-0.05, 0) is 37.5 Å².